The molecule has 7 nitrogen and oxygen atoms in total. The predicted molar refractivity (Wildman–Crippen MR) is 122 cm³/mol. The highest BCUT2D eigenvalue weighted by Gasteiger charge is 2.17. The number of carbonyl (C=O) groups is 2. The van der Waals surface area contributed by atoms with Gasteiger partial charge in [-0.15, -0.1) is 0 Å². The summed E-state index contributed by atoms with van der Waals surface area (Å²) in [4.78, 5) is 23.7. The molecule has 0 aliphatic carbocycles. The van der Waals surface area contributed by atoms with E-state index in [0.29, 0.717) is 28.2 Å². The average Bonchev–Trinajstić information content (AvgIpc) is 2.71. The van der Waals surface area contributed by atoms with Crippen molar-refractivity contribution in [2.75, 3.05) is 15.4 Å². The van der Waals surface area contributed by atoms with Crippen molar-refractivity contribution in [1.82, 2.24) is 0 Å². The molecule has 0 aliphatic heterocycles. The SMILES string of the molecule is CC(=O)Nc1ccc(NC(=O)c2ccc(NS(=O)(=O)c3cc(C)ccc3C)cc2)cc1. The fourth-order valence-corrected chi connectivity index (χ4v) is 4.33. The van der Waals surface area contributed by atoms with Gasteiger partial charge in [0.2, 0.25) is 5.91 Å². The molecule has 0 aromatic heterocycles. The molecule has 0 saturated carbocycles. The lowest BCUT2D eigenvalue weighted by Gasteiger charge is -2.12. The van der Waals surface area contributed by atoms with Crippen LogP contribution in [0.5, 0.6) is 0 Å². The van der Waals surface area contributed by atoms with Crippen LogP contribution in [-0.4, -0.2) is 20.2 Å². The Balaban J connectivity index is 1.68. The summed E-state index contributed by atoms with van der Waals surface area (Å²) in [5, 5.41) is 5.41. The summed E-state index contributed by atoms with van der Waals surface area (Å²) < 4.78 is 28.0. The van der Waals surface area contributed by atoms with Crippen LogP contribution in [-0.2, 0) is 14.8 Å². The minimum Gasteiger partial charge on any atom is -0.326 e. The van der Waals surface area contributed by atoms with E-state index in [4.69, 9.17) is 0 Å². The van der Waals surface area contributed by atoms with Crippen LogP contribution in [0.25, 0.3) is 0 Å². The molecule has 2 amide bonds. The Morgan fingerprint density at radius 2 is 1.29 bits per heavy atom. The van der Waals surface area contributed by atoms with Crippen molar-refractivity contribution in [3.05, 3.63) is 83.4 Å². The maximum atomic E-state index is 12.7. The summed E-state index contributed by atoms with van der Waals surface area (Å²) >= 11 is 0. The molecular weight excluding hydrogens is 414 g/mol. The second kappa shape index (κ2) is 9.01. The standard InChI is InChI=1S/C23H23N3O4S/c1-15-4-5-16(2)22(14-15)31(29,30)26-21-8-6-18(7-9-21)23(28)25-20-12-10-19(11-13-20)24-17(3)27/h4-14,26H,1-3H3,(H,24,27)(H,25,28). The fourth-order valence-electron chi connectivity index (χ4n) is 2.94. The predicted octanol–water partition coefficient (Wildman–Crippen LogP) is 4.31. The first-order valence-electron chi connectivity index (χ1n) is 9.53. The Hall–Kier alpha value is -3.65. The molecule has 3 aromatic carbocycles. The number of hydrogen-bond donors (Lipinski definition) is 3. The molecule has 0 bridgehead atoms. The average molecular weight is 438 g/mol. The number of sulfonamides is 1. The molecule has 3 rings (SSSR count). The Morgan fingerprint density at radius 3 is 1.87 bits per heavy atom. The molecule has 0 atom stereocenters. The van der Waals surface area contributed by atoms with Crippen LogP contribution in [0.4, 0.5) is 17.1 Å². The van der Waals surface area contributed by atoms with Gasteiger partial charge in [0.15, 0.2) is 0 Å². The molecular formula is C23H23N3O4S. The smallest absolute Gasteiger partial charge is 0.262 e. The maximum absolute atomic E-state index is 12.7. The lowest BCUT2D eigenvalue weighted by atomic mass is 10.2. The molecule has 0 saturated heterocycles. The van der Waals surface area contributed by atoms with Crippen molar-refractivity contribution < 1.29 is 18.0 Å². The van der Waals surface area contributed by atoms with Crippen molar-refractivity contribution in [2.45, 2.75) is 25.7 Å². The third-order valence-corrected chi connectivity index (χ3v) is 6.02. The number of rotatable bonds is 6. The molecule has 0 aliphatic rings. The van der Waals surface area contributed by atoms with Gasteiger partial charge in [-0.3, -0.25) is 14.3 Å². The Bertz CT molecular complexity index is 1220. The van der Waals surface area contributed by atoms with Crippen LogP contribution < -0.4 is 15.4 Å². The summed E-state index contributed by atoms with van der Waals surface area (Å²) in [7, 11) is -3.74. The number of anilines is 3. The second-order valence-corrected chi connectivity index (χ2v) is 8.82. The van der Waals surface area contributed by atoms with Gasteiger partial charge in [0, 0.05) is 29.5 Å². The van der Waals surface area contributed by atoms with E-state index >= 15 is 0 Å². The highest BCUT2D eigenvalue weighted by atomic mass is 32.2. The van der Waals surface area contributed by atoms with Crippen LogP contribution >= 0.6 is 0 Å². The molecule has 0 unspecified atom stereocenters. The Kier molecular flexibility index (Phi) is 6.41. The van der Waals surface area contributed by atoms with E-state index in [1.54, 1.807) is 55.5 Å². The zero-order valence-electron chi connectivity index (χ0n) is 17.4. The van der Waals surface area contributed by atoms with E-state index in [0.717, 1.165) is 5.56 Å². The lowest BCUT2D eigenvalue weighted by Crippen LogP contribution is -2.15. The van der Waals surface area contributed by atoms with Gasteiger partial charge in [-0.25, -0.2) is 8.42 Å². The largest absolute Gasteiger partial charge is 0.326 e. The van der Waals surface area contributed by atoms with E-state index in [9.17, 15) is 18.0 Å². The molecule has 3 aromatic rings. The highest BCUT2D eigenvalue weighted by molar-refractivity contribution is 7.92. The van der Waals surface area contributed by atoms with Gasteiger partial charge in [0.1, 0.15) is 0 Å². The quantitative estimate of drug-likeness (QED) is 0.534. The first-order chi connectivity index (χ1) is 14.6. The molecule has 3 N–H and O–H groups in total. The minimum atomic E-state index is -3.74. The number of carbonyl (C=O) groups excluding carboxylic acids is 2. The summed E-state index contributed by atoms with van der Waals surface area (Å²) in [6.45, 7) is 4.99. The van der Waals surface area contributed by atoms with Gasteiger partial charge in [0.25, 0.3) is 15.9 Å². The topological polar surface area (TPSA) is 104 Å². The van der Waals surface area contributed by atoms with E-state index < -0.39 is 10.0 Å². The van der Waals surface area contributed by atoms with Gasteiger partial charge in [-0.05, 0) is 79.6 Å². The lowest BCUT2D eigenvalue weighted by molar-refractivity contribution is -0.114. The van der Waals surface area contributed by atoms with Crippen molar-refractivity contribution in [3.8, 4) is 0 Å². The van der Waals surface area contributed by atoms with Crippen LogP contribution in [0, 0.1) is 13.8 Å². The molecule has 0 spiro atoms. The van der Waals surface area contributed by atoms with E-state index in [1.807, 2.05) is 13.0 Å². The number of aryl methyl sites for hydroxylation is 2. The van der Waals surface area contributed by atoms with Gasteiger partial charge in [-0.1, -0.05) is 12.1 Å². The van der Waals surface area contributed by atoms with Gasteiger partial charge >= 0.3 is 0 Å². The summed E-state index contributed by atoms with van der Waals surface area (Å²) in [6.07, 6.45) is 0. The van der Waals surface area contributed by atoms with Crippen LogP contribution in [0.15, 0.2) is 71.6 Å². The second-order valence-electron chi connectivity index (χ2n) is 7.16. The molecule has 31 heavy (non-hydrogen) atoms. The third-order valence-electron chi connectivity index (χ3n) is 4.50. The van der Waals surface area contributed by atoms with Crippen molar-refractivity contribution in [3.63, 3.8) is 0 Å². The highest BCUT2D eigenvalue weighted by Crippen LogP contribution is 2.21. The fraction of sp³-hybridized carbons (Fsp3) is 0.130. The monoisotopic (exact) mass is 437 g/mol. The number of hydrogen-bond acceptors (Lipinski definition) is 4. The summed E-state index contributed by atoms with van der Waals surface area (Å²) in [5.74, 6) is -0.513. The first kappa shape index (κ1) is 22.0. The summed E-state index contributed by atoms with van der Waals surface area (Å²) in [6, 6.07) is 18.1. The van der Waals surface area contributed by atoms with E-state index in [-0.39, 0.29) is 16.7 Å². The number of nitrogens with one attached hydrogen (secondary N) is 3. The number of benzene rings is 3. The van der Waals surface area contributed by atoms with Crippen molar-refractivity contribution >= 4 is 38.9 Å². The first-order valence-corrected chi connectivity index (χ1v) is 11.0. The van der Waals surface area contributed by atoms with Crippen LogP contribution in [0.3, 0.4) is 0 Å². The Labute approximate surface area is 181 Å². The molecule has 0 fully saturated rings. The maximum Gasteiger partial charge on any atom is 0.262 e. The van der Waals surface area contributed by atoms with Gasteiger partial charge in [0.05, 0.1) is 4.90 Å². The third kappa shape index (κ3) is 5.70. The summed E-state index contributed by atoms with van der Waals surface area (Å²) in [5.41, 5.74) is 3.43. The Morgan fingerprint density at radius 1 is 0.742 bits per heavy atom. The van der Waals surface area contributed by atoms with Gasteiger partial charge < -0.3 is 10.6 Å². The van der Waals surface area contributed by atoms with E-state index in [1.165, 1.54) is 19.1 Å². The number of amides is 2. The van der Waals surface area contributed by atoms with Crippen molar-refractivity contribution in [1.29, 1.82) is 0 Å². The van der Waals surface area contributed by atoms with E-state index in [2.05, 4.69) is 15.4 Å². The molecule has 0 heterocycles. The van der Waals surface area contributed by atoms with Crippen LogP contribution in [0.2, 0.25) is 0 Å². The van der Waals surface area contributed by atoms with Crippen LogP contribution in [0.1, 0.15) is 28.4 Å². The van der Waals surface area contributed by atoms with Crippen molar-refractivity contribution in [2.24, 2.45) is 0 Å². The molecule has 8 heteroatoms. The minimum absolute atomic E-state index is 0.176. The molecule has 0 radical (unpaired) electrons. The zero-order chi connectivity index (χ0) is 22.6. The normalized spacial score (nSPS) is 10.9. The zero-order valence-corrected chi connectivity index (χ0v) is 18.2. The molecule has 160 valence electrons. The van der Waals surface area contributed by atoms with Gasteiger partial charge in [-0.2, -0.15) is 0 Å².